The van der Waals surface area contributed by atoms with Crippen LogP contribution in [0.25, 0.3) is 0 Å². The number of likely N-dealkylation sites (tertiary alicyclic amines) is 1. The van der Waals surface area contributed by atoms with Crippen molar-refractivity contribution in [1.29, 1.82) is 0 Å². The predicted molar refractivity (Wildman–Crippen MR) is 34.8 cm³/mol. The predicted octanol–water partition coefficient (Wildman–Crippen LogP) is 0.663. The Morgan fingerprint density at radius 3 is 2.78 bits per heavy atom. The van der Waals surface area contributed by atoms with E-state index in [2.05, 4.69) is 5.92 Å². The zero-order valence-electron chi connectivity index (χ0n) is 5.31. The number of terminal acetylenes is 1. The monoisotopic (exact) mass is 127 g/mol. The van der Waals surface area contributed by atoms with Crippen LogP contribution in [-0.2, 0) is 0 Å². The molecule has 0 amide bonds. The maximum atomic E-state index is 12.1. The lowest BCUT2D eigenvalue weighted by Crippen LogP contribution is -2.48. The molecular formula is C7H10FN. The first-order chi connectivity index (χ1) is 4.33. The second kappa shape index (κ2) is 2.84. The third-order valence-corrected chi connectivity index (χ3v) is 1.48. The topological polar surface area (TPSA) is 3.24 Å². The zero-order chi connectivity index (χ0) is 6.69. The number of hydrogen-bond donors (Lipinski definition) is 0. The van der Waals surface area contributed by atoms with Gasteiger partial charge >= 0.3 is 0 Å². The van der Waals surface area contributed by atoms with Gasteiger partial charge in [0.05, 0.1) is 0 Å². The van der Waals surface area contributed by atoms with Crippen molar-refractivity contribution >= 4 is 0 Å². The van der Waals surface area contributed by atoms with Crippen molar-refractivity contribution in [2.75, 3.05) is 19.6 Å². The Hall–Kier alpha value is -0.550. The number of halogens is 1. The molecule has 0 aromatic heterocycles. The average molecular weight is 127 g/mol. The fourth-order valence-corrected chi connectivity index (χ4v) is 0.912. The Balaban J connectivity index is 1.99. The van der Waals surface area contributed by atoms with E-state index in [0.717, 1.165) is 13.0 Å². The van der Waals surface area contributed by atoms with E-state index in [9.17, 15) is 4.39 Å². The van der Waals surface area contributed by atoms with E-state index in [4.69, 9.17) is 6.42 Å². The molecule has 0 bridgehead atoms. The van der Waals surface area contributed by atoms with Crippen molar-refractivity contribution in [2.45, 2.75) is 12.6 Å². The summed E-state index contributed by atoms with van der Waals surface area (Å²) in [6.07, 6.45) is 5.17. The zero-order valence-corrected chi connectivity index (χ0v) is 5.31. The lowest BCUT2D eigenvalue weighted by Gasteiger charge is -2.33. The smallest absolute Gasteiger partial charge is 0.125 e. The van der Waals surface area contributed by atoms with Crippen LogP contribution in [0.5, 0.6) is 0 Å². The summed E-state index contributed by atoms with van der Waals surface area (Å²) < 4.78 is 12.1. The van der Waals surface area contributed by atoms with Gasteiger partial charge in [0.1, 0.15) is 6.17 Å². The van der Waals surface area contributed by atoms with E-state index in [1.165, 1.54) is 0 Å². The highest BCUT2D eigenvalue weighted by atomic mass is 19.1. The van der Waals surface area contributed by atoms with Gasteiger partial charge in [0.25, 0.3) is 0 Å². The van der Waals surface area contributed by atoms with E-state index in [-0.39, 0.29) is 0 Å². The summed E-state index contributed by atoms with van der Waals surface area (Å²) in [6, 6.07) is 0. The van der Waals surface area contributed by atoms with E-state index >= 15 is 0 Å². The van der Waals surface area contributed by atoms with Crippen molar-refractivity contribution in [1.82, 2.24) is 4.90 Å². The van der Waals surface area contributed by atoms with Gasteiger partial charge in [0.2, 0.25) is 0 Å². The molecule has 9 heavy (non-hydrogen) atoms. The molecule has 0 radical (unpaired) electrons. The molecule has 1 aliphatic heterocycles. The molecule has 0 saturated carbocycles. The Bertz CT molecular complexity index is 121. The van der Waals surface area contributed by atoms with E-state index < -0.39 is 6.17 Å². The van der Waals surface area contributed by atoms with Crippen LogP contribution in [0.3, 0.4) is 0 Å². The summed E-state index contributed by atoms with van der Waals surface area (Å²) in [7, 11) is 0. The minimum absolute atomic E-state index is 0.585. The van der Waals surface area contributed by atoms with Gasteiger partial charge in [-0.2, -0.15) is 0 Å². The highest BCUT2D eigenvalue weighted by Gasteiger charge is 2.24. The Morgan fingerprint density at radius 1 is 1.67 bits per heavy atom. The molecule has 0 aromatic rings. The van der Waals surface area contributed by atoms with Gasteiger partial charge < -0.3 is 0 Å². The summed E-state index contributed by atoms with van der Waals surface area (Å²) >= 11 is 0. The summed E-state index contributed by atoms with van der Waals surface area (Å²) in [4.78, 5) is 2.02. The summed E-state index contributed by atoms with van der Waals surface area (Å²) in [6.45, 7) is 2.03. The lowest BCUT2D eigenvalue weighted by atomic mass is 10.2. The Morgan fingerprint density at radius 2 is 2.33 bits per heavy atom. The maximum Gasteiger partial charge on any atom is 0.125 e. The quantitative estimate of drug-likeness (QED) is 0.493. The normalized spacial score (nSPS) is 20.9. The molecule has 0 aliphatic carbocycles. The highest BCUT2D eigenvalue weighted by molar-refractivity contribution is 4.88. The van der Waals surface area contributed by atoms with Gasteiger partial charge in [-0.3, -0.25) is 4.90 Å². The molecule has 0 unspecified atom stereocenters. The average Bonchev–Trinajstić information content (AvgIpc) is 1.78. The first-order valence-electron chi connectivity index (χ1n) is 3.13. The SMILES string of the molecule is C#CCCN1CC(F)C1. The second-order valence-corrected chi connectivity index (χ2v) is 2.31. The van der Waals surface area contributed by atoms with Crippen LogP contribution in [0.4, 0.5) is 4.39 Å². The van der Waals surface area contributed by atoms with E-state index in [0.29, 0.717) is 13.1 Å². The van der Waals surface area contributed by atoms with Crippen molar-refractivity contribution in [3.05, 3.63) is 0 Å². The standard InChI is InChI=1S/C7H10FN/c1-2-3-4-9-5-7(8)6-9/h1,7H,3-6H2. The molecule has 1 rings (SSSR count). The fourth-order valence-electron chi connectivity index (χ4n) is 0.912. The Labute approximate surface area is 54.8 Å². The number of hydrogen-bond acceptors (Lipinski definition) is 1. The van der Waals surface area contributed by atoms with Gasteiger partial charge in [-0.05, 0) is 0 Å². The van der Waals surface area contributed by atoms with Gasteiger partial charge in [0, 0.05) is 26.1 Å². The molecule has 0 atom stereocenters. The van der Waals surface area contributed by atoms with Crippen LogP contribution in [0.1, 0.15) is 6.42 Å². The van der Waals surface area contributed by atoms with Crippen molar-refractivity contribution in [3.8, 4) is 12.3 Å². The van der Waals surface area contributed by atoms with E-state index in [1.54, 1.807) is 0 Å². The lowest BCUT2D eigenvalue weighted by molar-refractivity contribution is 0.0681. The molecule has 50 valence electrons. The number of alkyl halides is 1. The van der Waals surface area contributed by atoms with Crippen molar-refractivity contribution in [3.63, 3.8) is 0 Å². The molecule has 1 aliphatic rings. The fraction of sp³-hybridized carbons (Fsp3) is 0.714. The largest absolute Gasteiger partial charge is 0.297 e. The second-order valence-electron chi connectivity index (χ2n) is 2.31. The number of nitrogens with zero attached hydrogens (tertiary/aromatic N) is 1. The molecular weight excluding hydrogens is 117 g/mol. The Kier molecular flexibility index (Phi) is 2.07. The third-order valence-electron chi connectivity index (χ3n) is 1.48. The minimum atomic E-state index is -0.595. The van der Waals surface area contributed by atoms with Crippen LogP contribution < -0.4 is 0 Å². The van der Waals surface area contributed by atoms with Crippen molar-refractivity contribution < 1.29 is 4.39 Å². The molecule has 0 spiro atoms. The first-order valence-corrected chi connectivity index (χ1v) is 3.13. The van der Waals surface area contributed by atoms with Gasteiger partial charge in [0.15, 0.2) is 0 Å². The highest BCUT2D eigenvalue weighted by Crippen LogP contribution is 2.10. The van der Waals surface area contributed by atoms with Crippen LogP contribution in [0.2, 0.25) is 0 Å². The summed E-state index contributed by atoms with van der Waals surface area (Å²) in [5.74, 6) is 2.52. The third kappa shape index (κ3) is 1.69. The van der Waals surface area contributed by atoms with Gasteiger partial charge in [-0.25, -0.2) is 4.39 Å². The van der Waals surface area contributed by atoms with E-state index in [1.807, 2.05) is 4.90 Å². The van der Waals surface area contributed by atoms with Crippen LogP contribution in [-0.4, -0.2) is 30.7 Å². The molecule has 1 fully saturated rings. The van der Waals surface area contributed by atoms with Crippen molar-refractivity contribution in [2.24, 2.45) is 0 Å². The molecule has 1 heterocycles. The van der Waals surface area contributed by atoms with Crippen LogP contribution in [0.15, 0.2) is 0 Å². The van der Waals surface area contributed by atoms with Gasteiger partial charge in [-0.15, -0.1) is 12.3 Å². The maximum absolute atomic E-state index is 12.1. The first kappa shape index (κ1) is 6.57. The molecule has 0 aromatic carbocycles. The number of rotatable bonds is 2. The van der Waals surface area contributed by atoms with Crippen LogP contribution in [0, 0.1) is 12.3 Å². The molecule has 1 nitrogen and oxygen atoms in total. The summed E-state index contributed by atoms with van der Waals surface area (Å²) in [5.41, 5.74) is 0. The van der Waals surface area contributed by atoms with Crippen LogP contribution >= 0.6 is 0 Å². The molecule has 1 saturated heterocycles. The van der Waals surface area contributed by atoms with Gasteiger partial charge in [-0.1, -0.05) is 0 Å². The summed E-state index contributed by atoms with van der Waals surface area (Å²) in [5, 5.41) is 0. The minimum Gasteiger partial charge on any atom is -0.297 e. The molecule has 0 N–H and O–H groups in total. The molecule has 2 heteroatoms.